The predicted molar refractivity (Wildman–Crippen MR) is 205 cm³/mol. The molecule has 0 aliphatic carbocycles. The highest BCUT2D eigenvalue weighted by Crippen LogP contribution is 2.43. The molecule has 0 aromatic carbocycles. The maximum atomic E-state index is 12.3. The molecule has 0 heterocycles. The number of phosphoric ester groups is 1. The molecule has 296 valence electrons. The maximum absolute atomic E-state index is 12.3. The predicted octanol–water partition coefficient (Wildman–Crippen LogP) is 9.78. The van der Waals surface area contributed by atoms with Crippen molar-refractivity contribution < 1.29 is 47.8 Å². The number of unbranched alkanes of at least 4 members (excludes halogenated alkanes) is 14. The van der Waals surface area contributed by atoms with E-state index in [9.17, 15) is 29.3 Å². The molecular formula is C40H71O10P. The Morgan fingerprint density at radius 3 is 1.33 bits per heavy atom. The van der Waals surface area contributed by atoms with Gasteiger partial charge in [0.05, 0.1) is 26.4 Å². The second kappa shape index (κ2) is 36.3. The van der Waals surface area contributed by atoms with Gasteiger partial charge in [-0.2, -0.15) is 0 Å². The van der Waals surface area contributed by atoms with Crippen LogP contribution in [0.5, 0.6) is 0 Å². The van der Waals surface area contributed by atoms with Gasteiger partial charge in [-0.25, -0.2) is 4.57 Å². The third kappa shape index (κ3) is 34.8. The number of carbonyl (C=O) groups is 2. The van der Waals surface area contributed by atoms with E-state index in [1.54, 1.807) is 0 Å². The van der Waals surface area contributed by atoms with E-state index in [0.29, 0.717) is 12.8 Å². The van der Waals surface area contributed by atoms with Gasteiger partial charge in [0.15, 0.2) is 0 Å². The summed E-state index contributed by atoms with van der Waals surface area (Å²) in [7, 11) is -4.64. The highest BCUT2D eigenvalue weighted by Gasteiger charge is 2.27. The van der Waals surface area contributed by atoms with E-state index in [0.717, 1.165) is 57.8 Å². The normalized spacial score (nSPS) is 14.5. The van der Waals surface area contributed by atoms with Crippen molar-refractivity contribution in [3.63, 3.8) is 0 Å². The highest BCUT2D eigenvalue weighted by molar-refractivity contribution is 7.47. The molecule has 0 rings (SSSR count). The summed E-state index contributed by atoms with van der Waals surface area (Å²) in [6.45, 7) is 2.03. The standard InChI is InChI=1S/C40H71O10P/c1-3-5-7-9-11-13-15-17-18-20-22-24-26-28-30-32-40(44)50-38(34-42)36-48-51(45,46)47-35-37(33-41)49-39(43)31-29-27-25-23-21-19-16-14-12-10-8-6-4-2/h5,7,11,13,17-18,22,24,37-38,41-42H,3-4,6,8-10,12,14-16,19-21,23,25-36H2,1-2H3,(H,45,46)/b7-5-,13-11-,18-17-,24-22-. The number of allylic oxidation sites excluding steroid dienone is 8. The Labute approximate surface area is 309 Å². The van der Waals surface area contributed by atoms with E-state index in [-0.39, 0.29) is 12.8 Å². The lowest BCUT2D eigenvalue weighted by Gasteiger charge is -2.20. The molecule has 10 nitrogen and oxygen atoms in total. The molecule has 0 aromatic rings. The van der Waals surface area contributed by atoms with E-state index in [1.165, 1.54) is 57.8 Å². The summed E-state index contributed by atoms with van der Waals surface area (Å²) in [5.74, 6) is -1.06. The summed E-state index contributed by atoms with van der Waals surface area (Å²) in [5.41, 5.74) is 0. The quantitative estimate of drug-likeness (QED) is 0.0245. The Morgan fingerprint density at radius 2 is 0.922 bits per heavy atom. The number of hydrogen-bond acceptors (Lipinski definition) is 9. The van der Waals surface area contributed by atoms with E-state index in [1.807, 2.05) is 0 Å². The lowest BCUT2D eigenvalue weighted by Crippen LogP contribution is -2.28. The van der Waals surface area contributed by atoms with Gasteiger partial charge in [0.25, 0.3) is 0 Å². The minimum absolute atomic E-state index is 0.139. The lowest BCUT2D eigenvalue weighted by molar-refractivity contribution is -0.153. The summed E-state index contributed by atoms with van der Waals surface area (Å²) in [4.78, 5) is 34.4. The van der Waals surface area contributed by atoms with E-state index in [4.69, 9.17) is 18.5 Å². The van der Waals surface area contributed by atoms with Crippen LogP contribution in [0, 0.1) is 0 Å². The number of esters is 2. The Hall–Kier alpha value is -2.07. The molecule has 11 heteroatoms. The molecule has 0 fully saturated rings. The van der Waals surface area contributed by atoms with Gasteiger partial charge < -0.3 is 24.6 Å². The average molecular weight is 743 g/mol. The van der Waals surface area contributed by atoms with Crippen molar-refractivity contribution in [2.75, 3.05) is 26.4 Å². The van der Waals surface area contributed by atoms with Crippen LogP contribution in [-0.4, -0.2) is 65.7 Å². The number of aliphatic hydroxyl groups excluding tert-OH is 2. The van der Waals surface area contributed by atoms with Crippen molar-refractivity contribution >= 4 is 19.8 Å². The molecule has 0 aliphatic rings. The third-order valence-electron chi connectivity index (χ3n) is 8.06. The van der Waals surface area contributed by atoms with Crippen LogP contribution in [0.4, 0.5) is 0 Å². The molecule has 3 atom stereocenters. The van der Waals surface area contributed by atoms with E-state index in [2.05, 4.69) is 62.5 Å². The SMILES string of the molecule is CC/C=C\C/C=C\C/C=C\C/C=C\CCCCC(=O)OC(CO)COP(=O)(O)OCC(CO)OC(=O)CCCCCCCCCCCCCCC. The number of rotatable bonds is 36. The summed E-state index contributed by atoms with van der Waals surface area (Å²) in [6.07, 6.45) is 36.6. The molecule has 0 aliphatic heterocycles. The fourth-order valence-corrected chi connectivity index (χ4v) is 5.83. The number of aliphatic hydroxyl groups is 2. The Bertz CT molecular complexity index is 994. The Balaban J connectivity index is 4.04. The first-order chi connectivity index (χ1) is 24.8. The number of carbonyl (C=O) groups excluding carboxylic acids is 2. The van der Waals surface area contributed by atoms with Gasteiger partial charge in [0, 0.05) is 12.8 Å². The fourth-order valence-electron chi connectivity index (χ4n) is 5.05. The van der Waals surface area contributed by atoms with Gasteiger partial charge in [0.1, 0.15) is 12.2 Å². The van der Waals surface area contributed by atoms with Gasteiger partial charge in [-0.1, -0.05) is 140 Å². The number of phosphoric acid groups is 1. The highest BCUT2D eigenvalue weighted by atomic mass is 31.2. The molecule has 0 amide bonds. The average Bonchev–Trinajstić information content (AvgIpc) is 3.12. The Morgan fingerprint density at radius 1 is 0.549 bits per heavy atom. The van der Waals surface area contributed by atoms with Crippen LogP contribution in [0.1, 0.15) is 155 Å². The van der Waals surface area contributed by atoms with Crippen LogP contribution in [-0.2, 0) is 32.7 Å². The lowest BCUT2D eigenvalue weighted by atomic mass is 10.0. The summed E-state index contributed by atoms with van der Waals surface area (Å²) in [6, 6.07) is 0. The van der Waals surface area contributed by atoms with Crippen LogP contribution in [0.25, 0.3) is 0 Å². The summed E-state index contributed by atoms with van der Waals surface area (Å²) >= 11 is 0. The summed E-state index contributed by atoms with van der Waals surface area (Å²) in [5, 5.41) is 19.1. The fraction of sp³-hybridized carbons (Fsp3) is 0.750. The van der Waals surface area contributed by atoms with Crippen LogP contribution in [0.15, 0.2) is 48.6 Å². The number of ether oxygens (including phenoxy) is 2. The summed E-state index contributed by atoms with van der Waals surface area (Å²) < 4.78 is 32.4. The van der Waals surface area contributed by atoms with Gasteiger partial charge in [-0.3, -0.25) is 18.6 Å². The zero-order valence-electron chi connectivity index (χ0n) is 31.8. The zero-order chi connectivity index (χ0) is 37.7. The smallest absolute Gasteiger partial charge is 0.457 e. The Kier molecular flexibility index (Phi) is 34.8. The zero-order valence-corrected chi connectivity index (χ0v) is 32.7. The topological polar surface area (TPSA) is 149 Å². The number of hydrogen-bond donors (Lipinski definition) is 3. The largest absolute Gasteiger partial charge is 0.472 e. The molecule has 0 spiro atoms. The first kappa shape index (κ1) is 48.9. The van der Waals surface area contributed by atoms with Gasteiger partial charge in [0.2, 0.25) is 0 Å². The second-order valence-electron chi connectivity index (χ2n) is 12.9. The minimum atomic E-state index is -4.64. The van der Waals surface area contributed by atoms with E-state index < -0.39 is 58.4 Å². The first-order valence-electron chi connectivity index (χ1n) is 19.6. The van der Waals surface area contributed by atoms with Gasteiger partial charge >= 0.3 is 19.8 Å². The van der Waals surface area contributed by atoms with Crippen LogP contribution < -0.4 is 0 Å². The van der Waals surface area contributed by atoms with Gasteiger partial charge in [-0.15, -0.1) is 0 Å². The van der Waals surface area contributed by atoms with Gasteiger partial charge in [-0.05, 0) is 51.4 Å². The van der Waals surface area contributed by atoms with Crippen molar-refractivity contribution in [1.82, 2.24) is 0 Å². The van der Waals surface area contributed by atoms with Crippen molar-refractivity contribution in [2.24, 2.45) is 0 Å². The molecular weight excluding hydrogens is 671 g/mol. The second-order valence-corrected chi connectivity index (χ2v) is 14.3. The molecule has 0 saturated carbocycles. The van der Waals surface area contributed by atoms with Crippen molar-refractivity contribution in [2.45, 2.75) is 167 Å². The van der Waals surface area contributed by atoms with Crippen molar-refractivity contribution in [1.29, 1.82) is 0 Å². The van der Waals surface area contributed by atoms with Crippen LogP contribution in [0.2, 0.25) is 0 Å². The molecule has 0 bridgehead atoms. The van der Waals surface area contributed by atoms with Crippen LogP contribution >= 0.6 is 7.82 Å². The van der Waals surface area contributed by atoms with Crippen molar-refractivity contribution in [3.05, 3.63) is 48.6 Å². The monoisotopic (exact) mass is 742 g/mol. The van der Waals surface area contributed by atoms with E-state index >= 15 is 0 Å². The van der Waals surface area contributed by atoms with Crippen molar-refractivity contribution in [3.8, 4) is 0 Å². The molecule has 51 heavy (non-hydrogen) atoms. The van der Waals surface area contributed by atoms with Crippen LogP contribution in [0.3, 0.4) is 0 Å². The molecule has 0 aromatic heterocycles. The molecule has 3 N–H and O–H groups in total. The third-order valence-corrected chi connectivity index (χ3v) is 9.01. The minimum Gasteiger partial charge on any atom is -0.457 e. The molecule has 3 unspecified atom stereocenters. The molecule has 0 radical (unpaired) electrons. The first-order valence-corrected chi connectivity index (χ1v) is 21.1. The molecule has 0 saturated heterocycles. The maximum Gasteiger partial charge on any atom is 0.472 e.